The van der Waals surface area contributed by atoms with Crippen LogP contribution in [0.15, 0.2) is 0 Å². The highest BCUT2D eigenvalue weighted by atomic mass is 15.1. The lowest BCUT2D eigenvalue weighted by Gasteiger charge is -2.30. The lowest BCUT2D eigenvalue weighted by atomic mass is 9.94. The van der Waals surface area contributed by atoms with E-state index in [0.717, 1.165) is 18.8 Å². The van der Waals surface area contributed by atoms with Crippen molar-refractivity contribution in [3.63, 3.8) is 0 Å². The van der Waals surface area contributed by atoms with Crippen LogP contribution in [0.3, 0.4) is 0 Å². The first-order valence-corrected chi connectivity index (χ1v) is 7.90. The van der Waals surface area contributed by atoms with E-state index in [1.807, 2.05) is 13.8 Å². The van der Waals surface area contributed by atoms with Crippen LogP contribution in [-0.2, 0) is 0 Å². The van der Waals surface area contributed by atoms with Crippen LogP contribution in [0.5, 0.6) is 0 Å². The summed E-state index contributed by atoms with van der Waals surface area (Å²) in [5, 5.41) is 0. The highest BCUT2D eigenvalue weighted by molar-refractivity contribution is 4.99. The van der Waals surface area contributed by atoms with Gasteiger partial charge in [-0.15, -0.1) is 11.8 Å². The lowest BCUT2D eigenvalue weighted by Crippen LogP contribution is -2.34. The van der Waals surface area contributed by atoms with Crippen molar-refractivity contribution in [2.75, 3.05) is 19.6 Å². The number of rotatable bonds is 4. The van der Waals surface area contributed by atoms with Crippen molar-refractivity contribution in [1.82, 2.24) is 4.90 Å². The quantitative estimate of drug-likeness (QED) is 0.661. The average molecular weight is 251 g/mol. The third-order valence-corrected chi connectivity index (χ3v) is 3.47. The van der Waals surface area contributed by atoms with Gasteiger partial charge in [-0.2, -0.15) is 0 Å². The molecule has 0 aromatic rings. The molecule has 0 amide bonds. The van der Waals surface area contributed by atoms with Crippen LogP contribution in [0.1, 0.15) is 66.7 Å². The van der Waals surface area contributed by atoms with Gasteiger partial charge in [-0.3, -0.25) is 0 Å². The number of nitrogens with zero attached hydrogens (tertiary/aromatic N) is 1. The van der Waals surface area contributed by atoms with Gasteiger partial charge in [0.25, 0.3) is 0 Å². The molecular formula is C17H33N. The van der Waals surface area contributed by atoms with Crippen LogP contribution in [0, 0.1) is 23.7 Å². The Morgan fingerprint density at radius 2 is 1.72 bits per heavy atom. The summed E-state index contributed by atoms with van der Waals surface area (Å²) < 4.78 is 0. The van der Waals surface area contributed by atoms with Crippen molar-refractivity contribution in [3.05, 3.63) is 0 Å². The van der Waals surface area contributed by atoms with E-state index in [0.29, 0.717) is 5.92 Å². The minimum atomic E-state index is 0.716. The Hall–Kier alpha value is -0.480. The Morgan fingerprint density at radius 3 is 2.22 bits per heavy atom. The summed E-state index contributed by atoms with van der Waals surface area (Å²) in [7, 11) is 0. The Labute approximate surface area is 115 Å². The molecule has 0 saturated carbocycles. The molecule has 0 atom stereocenters. The van der Waals surface area contributed by atoms with Crippen molar-refractivity contribution < 1.29 is 0 Å². The van der Waals surface area contributed by atoms with Crippen LogP contribution in [0.2, 0.25) is 0 Å². The molecule has 0 radical (unpaired) electrons. The highest BCUT2D eigenvalue weighted by Gasteiger charge is 2.16. The van der Waals surface area contributed by atoms with Gasteiger partial charge >= 0.3 is 0 Å². The Kier molecular flexibility index (Phi) is 11.3. The molecule has 0 N–H and O–H groups in total. The van der Waals surface area contributed by atoms with Crippen molar-refractivity contribution in [2.24, 2.45) is 11.8 Å². The summed E-state index contributed by atoms with van der Waals surface area (Å²) in [5.41, 5.74) is 0. The van der Waals surface area contributed by atoms with E-state index < -0.39 is 0 Å². The van der Waals surface area contributed by atoms with Gasteiger partial charge in [-0.1, -0.05) is 41.0 Å². The molecule has 0 spiro atoms. The van der Waals surface area contributed by atoms with Crippen LogP contribution in [-0.4, -0.2) is 24.5 Å². The van der Waals surface area contributed by atoms with E-state index in [1.165, 1.54) is 38.9 Å². The van der Waals surface area contributed by atoms with Crippen molar-refractivity contribution in [2.45, 2.75) is 66.7 Å². The molecule has 1 nitrogen and oxygen atoms in total. The molecule has 1 rings (SSSR count). The number of likely N-dealkylation sites (tertiary alicyclic amines) is 1. The zero-order valence-electron chi connectivity index (χ0n) is 13.3. The molecule has 1 aliphatic heterocycles. The Bertz CT molecular complexity index is 226. The topological polar surface area (TPSA) is 3.24 Å². The first-order chi connectivity index (χ1) is 8.72. The monoisotopic (exact) mass is 251 g/mol. The number of hydrogen-bond donors (Lipinski definition) is 0. The van der Waals surface area contributed by atoms with Gasteiger partial charge in [0.1, 0.15) is 0 Å². The molecule has 1 fully saturated rings. The van der Waals surface area contributed by atoms with Gasteiger partial charge < -0.3 is 4.90 Å². The maximum absolute atomic E-state index is 3.30. The molecule has 18 heavy (non-hydrogen) atoms. The summed E-state index contributed by atoms with van der Waals surface area (Å²) in [6.07, 6.45) is 6.27. The fourth-order valence-corrected chi connectivity index (χ4v) is 2.20. The second-order valence-electron chi connectivity index (χ2n) is 5.39. The smallest absolute Gasteiger partial charge is 0.0217 e. The minimum Gasteiger partial charge on any atom is -0.302 e. The molecular weight excluding hydrogens is 218 g/mol. The third-order valence-electron chi connectivity index (χ3n) is 3.47. The highest BCUT2D eigenvalue weighted by Crippen LogP contribution is 2.19. The van der Waals surface area contributed by atoms with Gasteiger partial charge in [0.15, 0.2) is 0 Å². The van der Waals surface area contributed by atoms with E-state index in [9.17, 15) is 0 Å². The molecule has 0 aromatic heterocycles. The Morgan fingerprint density at radius 1 is 1.11 bits per heavy atom. The van der Waals surface area contributed by atoms with Crippen molar-refractivity contribution >= 4 is 0 Å². The minimum absolute atomic E-state index is 0.716. The summed E-state index contributed by atoms with van der Waals surface area (Å²) >= 11 is 0. The predicted octanol–water partition coefficient (Wildman–Crippen LogP) is 4.57. The molecule has 1 aliphatic rings. The van der Waals surface area contributed by atoms with E-state index in [1.54, 1.807) is 0 Å². The first kappa shape index (κ1) is 17.5. The van der Waals surface area contributed by atoms with E-state index in [-0.39, 0.29) is 0 Å². The largest absolute Gasteiger partial charge is 0.302 e. The molecule has 0 aliphatic carbocycles. The molecule has 1 saturated heterocycles. The van der Waals surface area contributed by atoms with E-state index >= 15 is 0 Å². The first-order valence-electron chi connectivity index (χ1n) is 7.90. The summed E-state index contributed by atoms with van der Waals surface area (Å²) in [6, 6.07) is 0. The van der Waals surface area contributed by atoms with Gasteiger partial charge in [0, 0.05) is 19.4 Å². The second kappa shape index (κ2) is 11.6. The summed E-state index contributed by atoms with van der Waals surface area (Å²) in [4.78, 5) is 2.58. The average Bonchev–Trinajstić information content (AvgIpc) is 2.41. The maximum atomic E-state index is 3.30. The standard InChI is InChI=1S/C15H27N.C2H6/c1-4-15-9-12-16(13-10-15)11-7-5-6-8-14(2)3;1-2/h14-15H,4,7-13H2,1-3H3;1-2H3. The van der Waals surface area contributed by atoms with Crippen molar-refractivity contribution in [1.29, 1.82) is 0 Å². The van der Waals surface area contributed by atoms with Crippen LogP contribution in [0.25, 0.3) is 0 Å². The molecule has 1 heteroatoms. The SMILES string of the molecule is CC.CCC1CCN(CCC#CCC(C)C)CC1. The zero-order chi connectivity index (χ0) is 13.8. The van der Waals surface area contributed by atoms with Crippen LogP contribution in [0.4, 0.5) is 0 Å². The summed E-state index contributed by atoms with van der Waals surface area (Å²) in [6.45, 7) is 14.5. The molecule has 0 aromatic carbocycles. The normalized spacial score (nSPS) is 16.8. The third kappa shape index (κ3) is 8.59. The predicted molar refractivity (Wildman–Crippen MR) is 82.7 cm³/mol. The fraction of sp³-hybridized carbons (Fsp3) is 0.882. The number of hydrogen-bond acceptors (Lipinski definition) is 1. The van der Waals surface area contributed by atoms with Gasteiger partial charge in [-0.05, 0) is 37.8 Å². The second-order valence-corrected chi connectivity index (χ2v) is 5.39. The van der Waals surface area contributed by atoms with Crippen LogP contribution >= 0.6 is 0 Å². The molecule has 106 valence electrons. The van der Waals surface area contributed by atoms with E-state index in [4.69, 9.17) is 0 Å². The van der Waals surface area contributed by atoms with E-state index in [2.05, 4.69) is 37.5 Å². The molecule has 1 heterocycles. The van der Waals surface area contributed by atoms with Gasteiger partial charge in [0.2, 0.25) is 0 Å². The lowest BCUT2D eigenvalue weighted by molar-refractivity contribution is 0.185. The van der Waals surface area contributed by atoms with Gasteiger partial charge in [-0.25, -0.2) is 0 Å². The van der Waals surface area contributed by atoms with Crippen molar-refractivity contribution in [3.8, 4) is 11.8 Å². The van der Waals surface area contributed by atoms with Gasteiger partial charge in [0.05, 0.1) is 0 Å². The molecule has 0 unspecified atom stereocenters. The maximum Gasteiger partial charge on any atom is 0.0217 e. The molecule has 0 bridgehead atoms. The summed E-state index contributed by atoms with van der Waals surface area (Å²) in [5.74, 6) is 8.27. The Balaban J connectivity index is 0.00000137. The van der Waals surface area contributed by atoms with Crippen LogP contribution < -0.4 is 0 Å². The number of piperidine rings is 1. The zero-order valence-corrected chi connectivity index (χ0v) is 13.3. The fourth-order valence-electron chi connectivity index (χ4n) is 2.20.